The first-order valence-corrected chi connectivity index (χ1v) is 4.76. The summed E-state index contributed by atoms with van der Waals surface area (Å²) in [6.07, 6.45) is 1.67. The molecular weight excluding hydrogens is 392 g/mol. The average molecular weight is 401 g/mol. The van der Waals surface area contributed by atoms with Crippen molar-refractivity contribution in [3.8, 4) is 23.1 Å². The summed E-state index contributed by atoms with van der Waals surface area (Å²) in [5.74, 6) is 0.737. The van der Waals surface area contributed by atoms with E-state index in [-0.39, 0.29) is 20.1 Å². The molecule has 1 radical (unpaired) electrons. The first-order valence-electron chi connectivity index (χ1n) is 4.76. The Labute approximate surface area is 113 Å². The molecule has 0 amide bonds. The molecular formula is C13H9IrN2O-. The predicted molar refractivity (Wildman–Crippen MR) is 59.8 cm³/mol. The standard InChI is InChI=1S/C13H9N2O.Ir/c1-16-12-5-6-15-13(8-12)11-4-2-3-10(7-11)9-14;/h2-3,5-8H,1H3;/q-1;. The quantitative estimate of drug-likeness (QED) is 0.727. The van der Waals surface area contributed by atoms with Crippen LogP contribution in [-0.2, 0) is 20.1 Å². The minimum atomic E-state index is 0. The van der Waals surface area contributed by atoms with Crippen LogP contribution in [0, 0.1) is 17.4 Å². The average Bonchev–Trinajstić information content (AvgIpc) is 2.39. The van der Waals surface area contributed by atoms with Crippen molar-refractivity contribution in [3.63, 3.8) is 0 Å². The number of ether oxygens (including phenoxy) is 1. The van der Waals surface area contributed by atoms with Gasteiger partial charge in [-0.1, -0.05) is 0 Å². The summed E-state index contributed by atoms with van der Waals surface area (Å²) in [4.78, 5) is 4.21. The van der Waals surface area contributed by atoms with Gasteiger partial charge in [-0.25, -0.2) is 0 Å². The number of hydrogen-bond donors (Lipinski definition) is 0. The Morgan fingerprint density at radius 2 is 2.18 bits per heavy atom. The molecule has 1 aromatic heterocycles. The van der Waals surface area contributed by atoms with E-state index < -0.39 is 0 Å². The smallest absolute Gasteiger partial charge is 0.113 e. The molecule has 0 aliphatic carbocycles. The van der Waals surface area contributed by atoms with Gasteiger partial charge in [0.25, 0.3) is 0 Å². The maximum Gasteiger partial charge on any atom is 0.113 e. The number of methoxy groups -OCH3 is 1. The normalized spacial score (nSPS) is 8.94. The van der Waals surface area contributed by atoms with Crippen molar-refractivity contribution >= 4 is 0 Å². The number of rotatable bonds is 2. The topological polar surface area (TPSA) is 45.9 Å². The van der Waals surface area contributed by atoms with Gasteiger partial charge < -0.3 is 9.72 Å². The molecule has 0 aliphatic heterocycles. The molecule has 17 heavy (non-hydrogen) atoms. The van der Waals surface area contributed by atoms with E-state index in [0.717, 1.165) is 17.0 Å². The second-order valence-electron chi connectivity index (χ2n) is 3.18. The molecule has 0 saturated heterocycles. The summed E-state index contributed by atoms with van der Waals surface area (Å²) in [6, 6.07) is 13.9. The summed E-state index contributed by atoms with van der Waals surface area (Å²) in [7, 11) is 1.61. The van der Waals surface area contributed by atoms with E-state index in [1.165, 1.54) is 0 Å². The van der Waals surface area contributed by atoms with Crippen molar-refractivity contribution in [2.24, 2.45) is 0 Å². The van der Waals surface area contributed by atoms with Gasteiger partial charge >= 0.3 is 0 Å². The van der Waals surface area contributed by atoms with Gasteiger partial charge in [-0.2, -0.15) is 5.26 Å². The Hall–Kier alpha value is -1.69. The van der Waals surface area contributed by atoms with Gasteiger partial charge in [0.15, 0.2) is 0 Å². The minimum absolute atomic E-state index is 0. The SMILES string of the molecule is COc1ccnc(-c2[c-]ccc(C#N)c2)c1.[Ir]. The van der Waals surface area contributed by atoms with Crippen LogP contribution in [0.15, 0.2) is 36.5 Å². The van der Waals surface area contributed by atoms with E-state index >= 15 is 0 Å². The molecule has 0 aliphatic rings. The number of aromatic nitrogens is 1. The number of nitrogens with zero attached hydrogens (tertiary/aromatic N) is 2. The van der Waals surface area contributed by atoms with E-state index in [1.807, 2.05) is 6.07 Å². The maximum absolute atomic E-state index is 8.80. The van der Waals surface area contributed by atoms with Gasteiger partial charge in [-0.3, -0.25) is 0 Å². The fourth-order valence-electron chi connectivity index (χ4n) is 1.37. The predicted octanol–water partition coefficient (Wildman–Crippen LogP) is 2.43. The van der Waals surface area contributed by atoms with Crippen LogP contribution in [-0.4, -0.2) is 12.1 Å². The third-order valence-electron chi connectivity index (χ3n) is 2.17. The number of hydrogen-bond acceptors (Lipinski definition) is 3. The van der Waals surface area contributed by atoms with Crippen LogP contribution >= 0.6 is 0 Å². The van der Waals surface area contributed by atoms with Crippen LogP contribution in [0.25, 0.3) is 11.3 Å². The van der Waals surface area contributed by atoms with Gasteiger partial charge in [-0.15, -0.1) is 29.8 Å². The van der Waals surface area contributed by atoms with Gasteiger partial charge in [0.05, 0.1) is 13.2 Å². The molecule has 0 spiro atoms. The summed E-state index contributed by atoms with van der Waals surface area (Å²) < 4.78 is 5.11. The third kappa shape index (κ3) is 3.13. The zero-order valence-electron chi connectivity index (χ0n) is 9.10. The molecule has 1 heterocycles. The summed E-state index contributed by atoms with van der Waals surface area (Å²) in [5.41, 5.74) is 2.13. The van der Waals surface area contributed by atoms with Crippen molar-refractivity contribution < 1.29 is 24.8 Å². The number of benzene rings is 1. The molecule has 3 nitrogen and oxygen atoms in total. The first-order chi connectivity index (χ1) is 7.83. The van der Waals surface area contributed by atoms with Gasteiger partial charge in [0.1, 0.15) is 5.75 Å². The van der Waals surface area contributed by atoms with Crippen molar-refractivity contribution in [1.82, 2.24) is 4.98 Å². The van der Waals surface area contributed by atoms with E-state index in [0.29, 0.717) is 5.56 Å². The van der Waals surface area contributed by atoms with E-state index in [1.54, 1.807) is 37.6 Å². The Kier molecular flexibility index (Phi) is 4.83. The van der Waals surface area contributed by atoms with Crippen LogP contribution in [0.2, 0.25) is 0 Å². The Morgan fingerprint density at radius 3 is 2.88 bits per heavy atom. The van der Waals surface area contributed by atoms with Crippen LogP contribution < -0.4 is 4.74 Å². The molecule has 0 saturated carbocycles. The van der Waals surface area contributed by atoms with E-state index in [2.05, 4.69) is 17.1 Å². The molecule has 2 aromatic rings. The molecule has 0 unspecified atom stereocenters. The molecule has 0 fully saturated rings. The maximum atomic E-state index is 8.80. The Morgan fingerprint density at radius 1 is 1.35 bits per heavy atom. The van der Waals surface area contributed by atoms with Crippen LogP contribution in [0.4, 0.5) is 0 Å². The fraction of sp³-hybridized carbons (Fsp3) is 0.0769. The Bertz CT molecular complexity index is 549. The molecule has 0 bridgehead atoms. The molecule has 0 atom stereocenters. The second-order valence-corrected chi connectivity index (χ2v) is 3.18. The van der Waals surface area contributed by atoms with Crippen molar-refractivity contribution in [3.05, 3.63) is 48.2 Å². The van der Waals surface area contributed by atoms with Gasteiger partial charge in [0.2, 0.25) is 0 Å². The minimum Gasteiger partial charge on any atom is -0.497 e. The van der Waals surface area contributed by atoms with Gasteiger partial charge in [0, 0.05) is 26.3 Å². The summed E-state index contributed by atoms with van der Waals surface area (Å²) in [5, 5.41) is 8.80. The fourth-order valence-corrected chi connectivity index (χ4v) is 1.37. The van der Waals surface area contributed by atoms with Crippen LogP contribution in [0.5, 0.6) is 5.75 Å². The molecule has 0 N–H and O–H groups in total. The molecule has 4 heteroatoms. The second kappa shape index (κ2) is 6.15. The van der Waals surface area contributed by atoms with Crippen molar-refractivity contribution in [2.75, 3.05) is 7.11 Å². The zero-order valence-corrected chi connectivity index (χ0v) is 11.5. The molecule has 87 valence electrons. The van der Waals surface area contributed by atoms with Crippen LogP contribution in [0.1, 0.15) is 5.56 Å². The third-order valence-corrected chi connectivity index (χ3v) is 2.17. The van der Waals surface area contributed by atoms with Crippen molar-refractivity contribution in [1.29, 1.82) is 5.26 Å². The molecule has 1 aromatic carbocycles. The number of pyridine rings is 1. The first kappa shape index (κ1) is 13.4. The van der Waals surface area contributed by atoms with Crippen molar-refractivity contribution in [2.45, 2.75) is 0 Å². The van der Waals surface area contributed by atoms with Gasteiger partial charge in [-0.05, 0) is 23.4 Å². The van der Waals surface area contributed by atoms with E-state index in [4.69, 9.17) is 10.00 Å². The van der Waals surface area contributed by atoms with E-state index in [9.17, 15) is 0 Å². The number of nitriles is 1. The molecule has 2 rings (SSSR count). The van der Waals surface area contributed by atoms with Crippen LogP contribution in [0.3, 0.4) is 0 Å². The largest absolute Gasteiger partial charge is 0.497 e. The summed E-state index contributed by atoms with van der Waals surface area (Å²) in [6.45, 7) is 0. The zero-order chi connectivity index (χ0) is 11.4. The monoisotopic (exact) mass is 402 g/mol. The summed E-state index contributed by atoms with van der Waals surface area (Å²) >= 11 is 0. The Balaban J connectivity index is 0.00000144.